The maximum absolute atomic E-state index is 12.6. The topological polar surface area (TPSA) is 60.2 Å². The smallest absolute Gasteiger partial charge is 0.227 e. The summed E-state index contributed by atoms with van der Waals surface area (Å²) in [7, 11) is 1.64. The van der Waals surface area contributed by atoms with Crippen molar-refractivity contribution in [3.05, 3.63) is 66.2 Å². The number of ether oxygens (including phenoxy) is 1. The fourth-order valence-electron chi connectivity index (χ4n) is 3.64. The molecule has 1 aliphatic rings. The predicted octanol–water partition coefficient (Wildman–Crippen LogP) is 2.96. The Morgan fingerprint density at radius 2 is 2.00 bits per heavy atom. The lowest BCUT2D eigenvalue weighted by molar-refractivity contribution is -0.137. The molecule has 6 heteroatoms. The minimum Gasteiger partial charge on any atom is -0.497 e. The molecule has 0 N–H and O–H groups in total. The van der Waals surface area contributed by atoms with Gasteiger partial charge in [-0.2, -0.15) is 0 Å². The van der Waals surface area contributed by atoms with Crippen molar-refractivity contribution in [3.63, 3.8) is 0 Å². The maximum Gasteiger partial charge on any atom is 0.227 e. The van der Waals surface area contributed by atoms with Gasteiger partial charge in [-0.3, -0.25) is 9.78 Å². The van der Waals surface area contributed by atoms with Crippen LogP contribution in [0.15, 0.2) is 55.0 Å². The first-order valence-electron chi connectivity index (χ1n) is 9.47. The van der Waals surface area contributed by atoms with Gasteiger partial charge in [0.1, 0.15) is 11.6 Å². The summed E-state index contributed by atoms with van der Waals surface area (Å²) in [6.07, 6.45) is 5.88. The number of carbonyl (C=O) groups excluding carboxylic acids is 1. The normalized spacial score (nSPS) is 14.0. The minimum atomic E-state index is 0.168. The van der Waals surface area contributed by atoms with E-state index in [2.05, 4.69) is 21.5 Å². The quantitative estimate of drug-likeness (QED) is 0.664. The molecule has 1 aromatic carbocycles. The van der Waals surface area contributed by atoms with Gasteiger partial charge in [-0.1, -0.05) is 12.1 Å². The first kappa shape index (κ1) is 18.2. The zero-order chi connectivity index (χ0) is 19.5. The molecule has 0 radical (unpaired) electrons. The van der Waals surface area contributed by atoms with Crippen LogP contribution in [-0.2, 0) is 17.8 Å². The molecule has 6 nitrogen and oxygen atoms in total. The summed E-state index contributed by atoms with van der Waals surface area (Å²) < 4.78 is 7.47. The fourth-order valence-corrected chi connectivity index (χ4v) is 3.64. The fraction of sp³-hybridized carbons (Fsp3) is 0.318. The number of nitrogens with zero attached hydrogens (tertiary/aromatic N) is 4. The first-order chi connectivity index (χ1) is 13.6. The molecule has 0 unspecified atom stereocenters. The average molecular weight is 376 g/mol. The van der Waals surface area contributed by atoms with Crippen LogP contribution in [0.1, 0.15) is 11.3 Å². The Labute approximate surface area is 164 Å². The highest BCUT2D eigenvalue weighted by atomic mass is 16.5. The van der Waals surface area contributed by atoms with Gasteiger partial charge in [-0.05, 0) is 36.8 Å². The number of aryl methyl sites for hydroxylation is 1. The average Bonchev–Trinajstić information content (AvgIpc) is 3.05. The lowest BCUT2D eigenvalue weighted by Gasteiger charge is -2.40. The van der Waals surface area contributed by atoms with Crippen LogP contribution in [0.3, 0.4) is 0 Å². The molecule has 0 aliphatic carbocycles. The number of imidazole rings is 1. The number of carbonyl (C=O) groups is 1. The van der Waals surface area contributed by atoms with Crippen LogP contribution in [0.5, 0.6) is 5.75 Å². The minimum absolute atomic E-state index is 0.168. The molecule has 3 heterocycles. The van der Waals surface area contributed by atoms with Crippen LogP contribution in [0.25, 0.3) is 11.4 Å². The molecule has 1 saturated heterocycles. The Morgan fingerprint density at radius 3 is 2.75 bits per heavy atom. The van der Waals surface area contributed by atoms with Gasteiger partial charge < -0.3 is 14.2 Å². The van der Waals surface area contributed by atoms with E-state index < -0.39 is 0 Å². The Balaban J connectivity index is 1.36. The van der Waals surface area contributed by atoms with E-state index in [1.54, 1.807) is 19.5 Å². The van der Waals surface area contributed by atoms with Crippen molar-refractivity contribution in [2.24, 2.45) is 5.92 Å². The van der Waals surface area contributed by atoms with Crippen LogP contribution >= 0.6 is 0 Å². The second-order valence-corrected chi connectivity index (χ2v) is 7.26. The van der Waals surface area contributed by atoms with Crippen molar-refractivity contribution < 1.29 is 9.53 Å². The van der Waals surface area contributed by atoms with E-state index in [1.165, 1.54) is 0 Å². The molecule has 0 atom stereocenters. The van der Waals surface area contributed by atoms with Crippen LogP contribution in [0.4, 0.5) is 0 Å². The van der Waals surface area contributed by atoms with E-state index in [-0.39, 0.29) is 5.91 Å². The molecule has 3 aromatic rings. The number of methoxy groups -OCH3 is 1. The van der Waals surface area contributed by atoms with E-state index >= 15 is 0 Å². The van der Waals surface area contributed by atoms with Gasteiger partial charge >= 0.3 is 0 Å². The molecule has 0 bridgehead atoms. The number of likely N-dealkylation sites (tertiary alicyclic amines) is 1. The number of hydrogen-bond acceptors (Lipinski definition) is 4. The van der Waals surface area contributed by atoms with Gasteiger partial charge in [0.05, 0.1) is 13.5 Å². The third-order valence-corrected chi connectivity index (χ3v) is 5.23. The summed E-state index contributed by atoms with van der Waals surface area (Å²) in [5.74, 6) is 2.36. The highest BCUT2D eigenvalue weighted by Crippen LogP contribution is 2.25. The Kier molecular flexibility index (Phi) is 5.10. The Morgan fingerprint density at radius 1 is 1.21 bits per heavy atom. The molecule has 4 rings (SSSR count). The summed E-state index contributed by atoms with van der Waals surface area (Å²) in [6, 6.07) is 11.6. The zero-order valence-electron chi connectivity index (χ0n) is 16.2. The van der Waals surface area contributed by atoms with Crippen LogP contribution in [0.2, 0.25) is 0 Å². The lowest BCUT2D eigenvalue weighted by atomic mass is 9.98. The van der Waals surface area contributed by atoms with Crippen LogP contribution < -0.4 is 4.74 Å². The van der Waals surface area contributed by atoms with Gasteiger partial charge in [-0.25, -0.2) is 4.98 Å². The SMILES string of the molecule is COc1cccc(CC(=O)N2CC(Cn3c(C)cnc3-c3ccncc3)C2)c1. The standard InChI is InChI=1S/C22H24N4O2/c1-16-12-24-22(19-6-8-23-9-7-19)26(16)15-18-13-25(14-18)21(27)11-17-4-3-5-20(10-17)28-2/h3-10,12,18H,11,13-15H2,1-2H3. The molecule has 1 fully saturated rings. The van der Waals surface area contributed by atoms with Gasteiger partial charge in [0.2, 0.25) is 5.91 Å². The van der Waals surface area contributed by atoms with Gasteiger partial charge in [0.25, 0.3) is 0 Å². The number of aromatic nitrogens is 3. The summed E-state index contributed by atoms with van der Waals surface area (Å²) in [4.78, 5) is 23.1. The number of amides is 1. The van der Waals surface area contributed by atoms with E-state index in [1.807, 2.05) is 47.5 Å². The molecular formula is C22H24N4O2. The monoisotopic (exact) mass is 376 g/mol. The molecular weight excluding hydrogens is 352 g/mol. The van der Waals surface area contributed by atoms with Crippen molar-refractivity contribution in [1.29, 1.82) is 0 Å². The maximum atomic E-state index is 12.6. The molecule has 0 spiro atoms. The number of rotatable bonds is 6. The highest BCUT2D eigenvalue weighted by Gasteiger charge is 2.31. The third kappa shape index (κ3) is 3.76. The number of benzene rings is 1. The van der Waals surface area contributed by atoms with E-state index in [0.717, 1.165) is 48.0 Å². The number of pyridine rings is 1. The van der Waals surface area contributed by atoms with E-state index in [0.29, 0.717) is 12.3 Å². The third-order valence-electron chi connectivity index (χ3n) is 5.23. The van der Waals surface area contributed by atoms with Gasteiger partial charge in [0, 0.05) is 55.4 Å². The molecule has 144 valence electrons. The van der Waals surface area contributed by atoms with Crippen molar-refractivity contribution in [3.8, 4) is 17.1 Å². The van der Waals surface area contributed by atoms with Gasteiger partial charge in [-0.15, -0.1) is 0 Å². The molecule has 28 heavy (non-hydrogen) atoms. The van der Waals surface area contributed by atoms with Crippen LogP contribution in [-0.4, -0.2) is 45.5 Å². The van der Waals surface area contributed by atoms with E-state index in [4.69, 9.17) is 4.74 Å². The summed E-state index contributed by atoms with van der Waals surface area (Å²) in [5, 5.41) is 0. The Hall–Kier alpha value is -3.15. The molecule has 2 aromatic heterocycles. The second kappa shape index (κ2) is 7.84. The van der Waals surface area contributed by atoms with Gasteiger partial charge in [0.15, 0.2) is 0 Å². The van der Waals surface area contributed by atoms with Crippen LogP contribution in [0, 0.1) is 12.8 Å². The largest absolute Gasteiger partial charge is 0.497 e. The lowest BCUT2D eigenvalue weighted by Crippen LogP contribution is -2.52. The highest BCUT2D eigenvalue weighted by molar-refractivity contribution is 5.79. The molecule has 1 aliphatic heterocycles. The second-order valence-electron chi connectivity index (χ2n) is 7.26. The van der Waals surface area contributed by atoms with Crippen molar-refractivity contribution in [2.75, 3.05) is 20.2 Å². The van der Waals surface area contributed by atoms with Crippen molar-refractivity contribution in [1.82, 2.24) is 19.4 Å². The Bertz CT molecular complexity index is 962. The molecule has 1 amide bonds. The summed E-state index contributed by atoms with van der Waals surface area (Å²) in [6.45, 7) is 4.51. The number of hydrogen-bond donors (Lipinski definition) is 0. The zero-order valence-corrected chi connectivity index (χ0v) is 16.2. The summed E-state index contributed by atoms with van der Waals surface area (Å²) >= 11 is 0. The molecule has 0 saturated carbocycles. The first-order valence-corrected chi connectivity index (χ1v) is 9.47. The van der Waals surface area contributed by atoms with E-state index in [9.17, 15) is 4.79 Å². The van der Waals surface area contributed by atoms with Crippen molar-refractivity contribution >= 4 is 5.91 Å². The van der Waals surface area contributed by atoms with Crippen molar-refractivity contribution in [2.45, 2.75) is 19.9 Å². The summed E-state index contributed by atoms with van der Waals surface area (Å²) in [5.41, 5.74) is 3.18. The predicted molar refractivity (Wildman–Crippen MR) is 107 cm³/mol.